The highest BCUT2D eigenvalue weighted by atomic mass is 16.5. The van der Waals surface area contributed by atoms with E-state index in [4.69, 9.17) is 10.5 Å². The van der Waals surface area contributed by atoms with Crippen molar-refractivity contribution < 1.29 is 14.3 Å². The summed E-state index contributed by atoms with van der Waals surface area (Å²) >= 11 is 0. The van der Waals surface area contributed by atoms with Gasteiger partial charge in [-0.1, -0.05) is 0 Å². The van der Waals surface area contributed by atoms with E-state index in [0.717, 1.165) is 0 Å². The zero-order chi connectivity index (χ0) is 13.7. The highest BCUT2D eigenvalue weighted by Gasteiger charge is 2.40. The summed E-state index contributed by atoms with van der Waals surface area (Å²) in [5, 5.41) is 2.70. The predicted molar refractivity (Wildman–Crippen MR) is 66.3 cm³/mol. The maximum Gasteiger partial charge on any atom is 0.307 e. The molecule has 0 aromatic heterocycles. The number of carbonyl (C=O) groups is 2. The molecule has 0 unspecified atom stereocenters. The number of nitrogens with one attached hydrogen (secondary N) is 1. The van der Waals surface area contributed by atoms with Crippen molar-refractivity contribution in [3.63, 3.8) is 0 Å². The van der Waals surface area contributed by atoms with Crippen LogP contribution in [0.15, 0.2) is 0 Å². The molecule has 0 aliphatic rings. The summed E-state index contributed by atoms with van der Waals surface area (Å²) < 4.78 is 4.76. The van der Waals surface area contributed by atoms with Crippen molar-refractivity contribution in [3.8, 4) is 0 Å². The molecule has 0 fully saturated rings. The molecule has 17 heavy (non-hydrogen) atoms. The molecule has 0 atom stereocenters. The van der Waals surface area contributed by atoms with E-state index in [2.05, 4.69) is 5.32 Å². The molecule has 0 bridgehead atoms. The predicted octanol–water partition coefficient (Wildman–Crippen LogP) is 0.819. The van der Waals surface area contributed by atoms with Gasteiger partial charge in [0.15, 0.2) is 0 Å². The van der Waals surface area contributed by atoms with Crippen LogP contribution in [0.5, 0.6) is 0 Å². The summed E-state index contributed by atoms with van der Waals surface area (Å²) in [6.07, 6.45) is 0.181. The molecule has 0 saturated heterocycles. The molecule has 0 radical (unpaired) electrons. The van der Waals surface area contributed by atoms with E-state index in [1.807, 2.05) is 0 Å². The van der Waals surface area contributed by atoms with Gasteiger partial charge in [0.1, 0.15) is 0 Å². The van der Waals surface area contributed by atoms with Crippen LogP contribution in [0.25, 0.3) is 0 Å². The SMILES string of the molecule is CCOC(=O)CCNC(=O)C(C)(C)C(C)(C)N. The molecule has 0 aliphatic carbocycles. The highest BCUT2D eigenvalue weighted by Crippen LogP contribution is 2.28. The fourth-order valence-corrected chi connectivity index (χ4v) is 1.02. The number of carbonyl (C=O) groups excluding carboxylic acids is 2. The summed E-state index contributed by atoms with van der Waals surface area (Å²) in [6, 6.07) is 0. The van der Waals surface area contributed by atoms with E-state index in [1.54, 1.807) is 34.6 Å². The van der Waals surface area contributed by atoms with Crippen molar-refractivity contribution in [2.75, 3.05) is 13.2 Å². The van der Waals surface area contributed by atoms with Crippen molar-refractivity contribution in [3.05, 3.63) is 0 Å². The summed E-state index contributed by atoms with van der Waals surface area (Å²) in [5.41, 5.74) is 4.62. The molecular weight excluding hydrogens is 220 g/mol. The zero-order valence-corrected chi connectivity index (χ0v) is 11.4. The first-order valence-corrected chi connectivity index (χ1v) is 5.85. The van der Waals surface area contributed by atoms with Crippen LogP contribution in [0.2, 0.25) is 0 Å². The maximum atomic E-state index is 11.9. The highest BCUT2D eigenvalue weighted by molar-refractivity contribution is 5.83. The molecule has 5 nitrogen and oxygen atoms in total. The summed E-state index contributed by atoms with van der Waals surface area (Å²) in [4.78, 5) is 23.0. The van der Waals surface area contributed by atoms with Crippen LogP contribution in [0.4, 0.5) is 0 Å². The van der Waals surface area contributed by atoms with Crippen LogP contribution in [0.3, 0.4) is 0 Å². The first-order chi connectivity index (χ1) is 7.63. The van der Waals surface area contributed by atoms with Crippen molar-refractivity contribution in [2.24, 2.45) is 11.1 Å². The van der Waals surface area contributed by atoms with E-state index >= 15 is 0 Å². The first kappa shape index (κ1) is 15.9. The Hall–Kier alpha value is -1.10. The molecule has 0 saturated carbocycles. The van der Waals surface area contributed by atoms with Crippen molar-refractivity contribution >= 4 is 11.9 Å². The van der Waals surface area contributed by atoms with Gasteiger partial charge in [-0.25, -0.2) is 0 Å². The average Bonchev–Trinajstić information content (AvgIpc) is 2.16. The molecule has 5 heteroatoms. The van der Waals surface area contributed by atoms with Crippen LogP contribution in [-0.2, 0) is 14.3 Å². The Morgan fingerprint density at radius 3 is 2.18 bits per heavy atom. The third-order valence-electron chi connectivity index (χ3n) is 3.10. The molecule has 0 aromatic rings. The zero-order valence-electron chi connectivity index (χ0n) is 11.4. The number of hydrogen-bond donors (Lipinski definition) is 2. The van der Waals surface area contributed by atoms with Gasteiger partial charge >= 0.3 is 5.97 Å². The molecule has 0 aliphatic heterocycles. The van der Waals surface area contributed by atoms with E-state index < -0.39 is 11.0 Å². The molecular formula is C12H24N2O3. The Balaban J connectivity index is 4.16. The lowest BCUT2D eigenvalue weighted by atomic mass is 9.74. The van der Waals surface area contributed by atoms with Crippen LogP contribution in [0, 0.1) is 5.41 Å². The molecule has 1 amide bonds. The lowest BCUT2D eigenvalue weighted by molar-refractivity contribution is -0.143. The van der Waals surface area contributed by atoms with Crippen LogP contribution < -0.4 is 11.1 Å². The molecule has 3 N–H and O–H groups in total. The Labute approximate surface area is 103 Å². The fraction of sp³-hybridized carbons (Fsp3) is 0.833. The van der Waals surface area contributed by atoms with Crippen LogP contribution >= 0.6 is 0 Å². The van der Waals surface area contributed by atoms with Gasteiger partial charge in [0.05, 0.1) is 18.4 Å². The van der Waals surface area contributed by atoms with Gasteiger partial charge in [0.2, 0.25) is 5.91 Å². The lowest BCUT2D eigenvalue weighted by Crippen LogP contribution is -2.55. The second kappa shape index (κ2) is 6.00. The second-order valence-corrected chi connectivity index (χ2v) is 5.16. The minimum absolute atomic E-state index is 0.158. The van der Waals surface area contributed by atoms with Gasteiger partial charge < -0.3 is 15.8 Å². The van der Waals surface area contributed by atoms with Crippen molar-refractivity contribution in [2.45, 2.75) is 46.6 Å². The van der Waals surface area contributed by atoms with E-state index in [0.29, 0.717) is 6.61 Å². The lowest BCUT2D eigenvalue weighted by Gasteiger charge is -2.36. The molecule has 100 valence electrons. The molecule has 0 heterocycles. The smallest absolute Gasteiger partial charge is 0.307 e. The van der Waals surface area contributed by atoms with Gasteiger partial charge in [0, 0.05) is 12.1 Å². The Kier molecular flexibility index (Phi) is 5.61. The van der Waals surface area contributed by atoms with Crippen molar-refractivity contribution in [1.29, 1.82) is 0 Å². The minimum Gasteiger partial charge on any atom is -0.466 e. The van der Waals surface area contributed by atoms with Gasteiger partial charge in [-0.05, 0) is 34.6 Å². The monoisotopic (exact) mass is 244 g/mol. The number of rotatable bonds is 6. The standard InChI is InChI=1S/C12H24N2O3/c1-6-17-9(15)7-8-14-10(16)11(2,3)12(4,5)13/h6-8,13H2,1-5H3,(H,14,16). The van der Waals surface area contributed by atoms with Gasteiger partial charge in [-0.15, -0.1) is 0 Å². The number of nitrogens with two attached hydrogens (primary N) is 1. The van der Waals surface area contributed by atoms with E-state index in [-0.39, 0.29) is 24.8 Å². The number of hydrogen-bond acceptors (Lipinski definition) is 4. The Morgan fingerprint density at radius 1 is 1.24 bits per heavy atom. The summed E-state index contributed by atoms with van der Waals surface area (Å²) in [7, 11) is 0. The van der Waals surface area contributed by atoms with E-state index in [1.165, 1.54) is 0 Å². The van der Waals surface area contributed by atoms with Gasteiger partial charge in [0.25, 0.3) is 0 Å². The summed E-state index contributed by atoms with van der Waals surface area (Å²) in [5.74, 6) is -0.466. The third-order valence-corrected chi connectivity index (χ3v) is 3.10. The maximum absolute atomic E-state index is 11.9. The Bertz CT molecular complexity index is 280. The average molecular weight is 244 g/mol. The van der Waals surface area contributed by atoms with Crippen LogP contribution in [-0.4, -0.2) is 30.6 Å². The second-order valence-electron chi connectivity index (χ2n) is 5.16. The number of esters is 1. The third kappa shape index (κ3) is 4.73. The molecule has 0 rings (SSSR count). The normalized spacial score (nSPS) is 12.1. The number of ether oxygens (including phenoxy) is 1. The van der Waals surface area contributed by atoms with E-state index in [9.17, 15) is 9.59 Å². The Morgan fingerprint density at radius 2 is 1.76 bits per heavy atom. The minimum atomic E-state index is -0.693. The van der Waals surface area contributed by atoms with Gasteiger partial charge in [-0.2, -0.15) is 0 Å². The largest absolute Gasteiger partial charge is 0.466 e. The quantitative estimate of drug-likeness (QED) is 0.678. The van der Waals surface area contributed by atoms with Crippen molar-refractivity contribution in [1.82, 2.24) is 5.32 Å². The van der Waals surface area contributed by atoms with Crippen LogP contribution in [0.1, 0.15) is 41.0 Å². The summed E-state index contributed by atoms with van der Waals surface area (Å²) in [6.45, 7) is 9.55. The topological polar surface area (TPSA) is 81.4 Å². The molecule has 0 spiro atoms. The fourth-order valence-electron chi connectivity index (χ4n) is 1.02. The molecule has 0 aromatic carbocycles. The number of amides is 1. The first-order valence-electron chi connectivity index (χ1n) is 5.85. The van der Waals surface area contributed by atoms with Gasteiger partial charge in [-0.3, -0.25) is 9.59 Å².